The zero-order valence-electron chi connectivity index (χ0n) is 16.4. The topological polar surface area (TPSA) is 122 Å². The molecule has 2 heterocycles. The molecule has 0 aliphatic carbocycles. The van der Waals surface area contributed by atoms with Gasteiger partial charge in [0.15, 0.2) is 0 Å². The van der Waals surface area contributed by atoms with E-state index in [1.54, 1.807) is 9.96 Å². The van der Waals surface area contributed by atoms with Gasteiger partial charge in [0.1, 0.15) is 5.75 Å². The summed E-state index contributed by atoms with van der Waals surface area (Å²) in [7, 11) is -2.53. The van der Waals surface area contributed by atoms with Crippen molar-refractivity contribution in [3.8, 4) is 5.75 Å². The van der Waals surface area contributed by atoms with Crippen LogP contribution >= 0.6 is 0 Å². The lowest BCUT2D eigenvalue weighted by Crippen LogP contribution is -2.50. The number of hydrogen-bond donors (Lipinski definition) is 1. The second kappa shape index (κ2) is 9.08. The molecule has 2 N–H and O–H groups in total. The first-order chi connectivity index (χ1) is 13.8. The number of nitrogens with two attached hydrogens (primary N) is 1. The maximum absolute atomic E-state index is 12.9. The highest BCUT2D eigenvalue weighted by atomic mass is 32.2. The van der Waals surface area contributed by atoms with Crippen molar-refractivity contribution >= 4 is 21.9 Å². The van der Waals surface area contributed by atoms with Gasteiger partial charge in [-0.25, -0.2) is 18.4 Å². The molecule has 2 fully saturated rings. The summed E-state index contributed by atoms with van der Waals surface area (Å²) in [5.41, 5.74) is 0.140. The first kappa shape index (κ1) is 21.5. The maximum atomic E-state index is 12.9. The number of carbonyl (C=O) groups excluding carboxylic acids is 2. The van der Waals surface area contributed by atoms with Gasteiger partial charge in [0, 0.05) is 39.3 Å². The number of hydrogen-bond acceptors (Lipinski definition) is 8. The van der Waals surface area contributed by atoms with Crippen molar-refractivity contribution in [3.63, 3.8) is 0 Å². The van der Waals surface area contributed by atoms with Gasteiger partial charge in [0.2, 0.25) is 10.0 Å². The molecule has 10 nitrogen and oxygen atoms in total. The van der Waals surface area contributed by atoms with E-state index in [-0.39, 0.29) is 34.6 Å². The summed E-state index contributed by atoms with van der Waals surface area (Å²) >= 11 is 0. The number of rotatable bonds is 6. The first-order valence-corrected chi connectivity index (χ1v) is 11.0. The first-order valence-electron chi connectivity index (χ1n) is 9.46. The number of nitrogens with zero attached hydrogens (tertiary/aromatic N) is 3. The fourth-order valence-corrected chi connectivity index (χ4v) is 3.99. The largest absolute Gasteiger partial charge is 0.496 e. The number of primary sulfonamides is 1. The quantitative estimate of drug-likeness (QED) is 0.655. The van der Waals surface area contributed by atoms with Gasteiger partial charge < -0.3 is 14.5 Å². The van der Waals surface area contributed by atoms with Crippen LogP contribution in [0.15, 0.2) is 23.1 Å². The monoisotopic (exact) mass is 426 g/mol. The smallest absolute Gasteiger partial charge is 0.339 e. The minimum absolute atomic E-state index is 0.140. The molecule has 0 bridgehead atoms. The normalized spacial score (nSPS) is 18.6. The van der Waals surface area contributed by atoms with Crippen molar-refractivity contribution in [2.24, 2.45) is 5.14 Å². The Bertz CT molecular complexity index is 861. The molecule has 1 aromatic rings. The van der Waals surface area contributed by atoms with Crippen LogP contribution in [-0.2, 0) is 19.7 Å². The van der Waals surface area contributed by atoms with Gasteiger partial charge in [-0.05, 0) is 31.0 Å². The van der Waals surface area contributed by atoms with E-state index in [2.05, 4.69) is 0 Å². The average Bonchev–Trinajstić information content (AvgIpc) is 3.19. The van der Waals surface area contributed by atoms with Crippen molar-refractivity contribution in [3.05, 3.63) is 23.8 Å². The van der Waals surface area contributed by atoms with E-state index < -0.39 is 10.0 Å². The Kier molecular flexibility index (Phi) is 6.73. The molecular weight excluding hydrogens is 400 g/mol. The number of piperazine rings is 1. The Hall–Kier alpha value is -2.21. The van der Waals surface area contributed by atoms with Gasteiger partial charge in [-0.15, -0.1) is 5.06 Å². The highest BCUT2D eigenvalue weighted by molar-refractivity contribution is 7.89. The van der Waals surface area contributed by atoms with E-state index in [1.165, 1.54) is 25.3 Å². The van der Waals surface area contributed by atoms with Gasteiger partial charge >= 0.3 is 5.97 Å². The molecule has 2 saturated heterocycles. The van der Waals surface area contributed by atoms with Crippen LogP contribution in [0.25, 0.3) is 0 Å². The number of amides is 1. The third-order valence-corrected chi connectivity index (χ3v) is 5.95. The Morgan fingerprint density at radius 3 is 2.31 bits per heavy atom. The highest BCUT2D eigenvalue weighted by Crippen LogP contribution is 2.24. The van der Waals surface area contributed by atoms with Crippen LogP contribution in [0.1, 0.15) is 23.2 Å². The van der Waals surface area contributed by atoms with E-state index in [1.807, 2.05) is 4.90 Å². The van der Waals surface area contributed by atoms with Crippen molar-refractivity contribution < 1.29 is 27.6 Å². The van der Waals surface area contributed by atoms with Crippen molar-refractivity contribution in [2.45, 2.75) is 17.7 Å². The van der Waals surface area contributed by atoms with Gasteiger partial charge in [-0.1, -0.05) is 0 Å². The van der Waals surface area contributed by atoms with Crippen molar-refractivity contribution in [1.82, 2.24) is 14.9 Å². The summed E-state index contributed by atoms with van der Waals surface area (Å²) in [4.78, 5) is 33.7. The molecule has 2 aliphatic heterocycles. The van der Waals surface area contributed by atoms with Crippen LogP contribution in [0, 0.1) is 0 Å². The Morgan fingerprint density at radius 1 is 1.07 bits per heavy atom. The van der Waals surface area contributed by atoms with Gasteiger partial charge in [-0.3, -0.25) is 9.69 Å². The van der Waals surface area contributed by atoms with Gasteiger partial charge in [0.05, 0.1) is 24.1 Å². The third-order valence-electron chi connectivity index (χ3n) is 5.04. The molecule has 0 atom stereocenters. The molecule has 0 unspecified atom stereocenters. The molecule has 3 rings (SSSR count). The summed E-state index contributed by atoms with van der Waals surface area (Å²) in [6, 6.07) is 3.95. The standard InChI is InChI=1S/C18H26N4O6S/c1-27-16-5-4-14(29(19,25)26)12-15(16)18(24)21-10-8-20(9-11-21)13-17(23)28-22-6-2-3-7-22/h4-5,12H,2-3,6-11,13H2,1H3,(H2,19,25,26). The summed E-state index contributed by atoms with van der Waals surface area (Å²) in [6.07, 6.45) is 2.06. The lowest BCUT2D eigenvalue weighted by atomic mass is 10.1. The SMILES string of the molecule is COc1ccc(S(N)(=O)=O)cc1C(=O)N1CCN(CC(=O)ON2CCCC2)CC1. The minimum atomic E-state index is -3.94. The van der Waals surface area contributed by atoms with Crippen molar-refractivity contribution in [2.75, 3.05) is 52.9 Å². The number of methoxy groups -OCH3 is 1. The summed E-state index contributed by atoms with van der Waals surface area (Å²) < 4.78 is 28.4. The Morgan fingerprint density at radius 2 is 1.72 bits per heavy atom. The highest BCUT2D eigenvalue weighted by Gasteiger charge is 2.27. The van der Waals surface area contributed by atoms with Gasteiger partial charge in [-0.2, -0.15) is 0 Å². The number of carbonyl (C=O) groups is 2. The lowest BCUT2D eigenvalue weighted by Gasteiger charge is -2.34. The maximum Gasteiger partial charge on any atom is 0.339 e. The minimum Gasteiger partial charge on any atom is -0.496 e. The fraction of sp³-hybridized carbons (Fsp3) is 0.556. The average molecular weight is 426 g/mol. The Labute approximate surface area is 170 Å². The van der Waals surface area contributed by atoms with E-state index in [9.17, 15) is 18.0 Å². The van der Waals surface area contributed by atoms with Crippen LogP contribution in [0.5, 0.6) is 5.75 Å². The summed E-state index contributed by atoms with van der Waals surface area (Å²) in [6.45, 7) is 3.54. The van der Waals surface area contributed by atoms with E-state index in [0.717, 1.165) is 25.9 Å². The molecule has 29 heavy (non-hydrogen) atoms. The van der Waals surface area contributed by atoms with Gasteiger partial charge in [0.25, 0.3) is 5.91 Å². The predicted molar refractivity (Wildman–Crippen MR) is 104 cm³/mol. The molecule has 11 heteroatoms. The van der Waals surface area contributed by atoms with Crippen LogP contribution in [0.2, 0.25) is 0 Å². The third kappa shape index (κ3) is 5.44. The molecular formula is C18H26N4O6S. The van der Waals surface area contributed by atoms with Crippen LogP contribution in [-0.4, -0.2) is 88.1 Å². The number of sulfonamides is 1. The molecule has 0 spiro atoms. The summed E-state index contributed by atoms with van der Waals surface area (Å²) in [5, 5.41) is 6.86. The second-order valence-corrected chi connectivity index (χ2v) is 8.64. The summed E-state index contributed by atoms with van der Waals surface area (Å²) in [5.74, 6) is -0.361. The van der Waals surface area contributed by atoms with E-state index >= 15 is 0 Å². The zero-order chi connectivity index (χ0) is 21.0. The molecule has 1 amide bonds. The molecule has 0 saturated carbocycles. The van der Waals surface area contributed by atoms with E-state index in [0.29, 0.717) is 26.2 Å². The van der Waals surface area contributed by atoms with Crippen molar-refractivity contribution in [1.29, 1.82) is 0 Å². The van der Waals surface area contributed by atoms with Crippen LogP contribution in [0.3, 0.4) is 0 Å². The fourth-order valence-electron chi connectivity index (χ4n) is 3.45. The number of ether oxygens (including phenoxy) is 1. The van der Waals surface area contributed by atoms with Crippen LogP contribution < -0.4 is 9.88 Å². The predicted octanol–water partition coefficient (Wildman–Crippen LogP) is -0.346. The molecule has 0 radical (unpaired) electrons. The molecule has 0 aromatic heterocycles. The molecule has 160 valence electrons. The van der Waals surface area contributed by atoms with E-state index in [4.69, 9.17) is 14.7 Å². The lowest BCUT2D eigenvalue weighted by molar-refractivity contribution is -0.186. The van der Waals surface area contributed by atoms with Crippen LogP contribution in [0.4, 0.5) is 0 Å². The molecule has 2 aliphatic rings. The number of hydroxylamine groups is 2. The number of benzene rings is 1. The Balaban J connectivity index is 1.59. The zero-order valence-corrected chi connectivity index (χ0v) is 17.2. The molecule has 1 aromatic carbocycles. The second-order valence-electron chi connectivity index (χ2n) is 7.07.